The summed E-state index contributed by atoms with van der Waals surface area (Å²) < 4.78 is 4.85. The fraction of sp³-hybridized carbons (Fsp3) is 0.200. The van der Waals surface area contributed by atoms with Crippen molar-refractivity contribution in [2.75, 3.05) is 0 Å². The summed E-state index contributed by atoms with van der Waals surface area (Å²) in [5.41, 5.74) is 0. The van der Waals surface area contributed by atoms with E-state index in [1.165, 1.54) is 0 Å². The summed E-state index contributed by atoms with van der Waals surface area (Å²) in [4.78, 5) is 5.07. The monoisotopic (exact) mass is 222 g/mol. The van der Waals surface area contributed by atoms with E-state index in [0.29, 0.717) is 17.5 Å². The second-order valence-corrected chi connectivity index (χ2v) is 4.06. The molecule has 0 spiro atoms. The highest BCUT2D eigenvalue weighted by Gasteiger charge is 2.03. The highest BCUT2D eigenvalue weighted by atomic mass is 32.2. The maximum absolute atomic E-state index is 9.25. The van der Waals surface area contributed by atoms with Gasteiger partial charge in [-0.05, 0) is 18.2 Å². The molecule has 1 aromatic heterocycles. The molecule has 15 heavy (non-hydrogen) atoms. The van der Waals surface area contributed by atoms with Crippen molar-refractivity contribution in [1.82, 2.24) is 10.1 Å². The molecule has 1 heterocycles. The van der Waals surface area contributed by atoms with Crippen LogP contribution < -0.4 is 0 Å². The fourth-order valence-corrected chi connectivity index (χ4v) is 1.91. The number of rotatable bonds is 3. The van der Waals surface area contributed by atoms with Crippen LogP contribution in [-0.2, 0) is 5.75 Å². The third-order valence-electron chi connectivity index (χ3n) is 1.76. The van der Waals surface area contributed by atoms with Crippen LogP contribution in [0.3, 0.4) is 0 Å². The first-order valence-corrected chi connectivity index (χ1v) is 5.43. The molecule has 0 fully saturated rings. The summed E-state index contributed by atoms with van der Waals surface area (Å²) in [6.07, 6.45) is 0. The predicted molar refractivity (Wildman–Crippen MR) is 56.7 cm³/mol. The second-order valence-electron chi connectivity index (χ2n) is 3.02. The smallest absolute Gasteiger partial charge is 0.223 e. The summed E-state index contributed by atoms with van der Waals surface area (Å²) in [5.74, 6) is 2.15. The SMILES string of the molecule is Cc1nc(CSc2cccc(O)c2)no1. The zero-order chi connectivity index (χ0) is 10.7. The van der Waals surface area contributed by atoms with E-state index in [2.05, 4.69) is 10.1 Å². The van der Waals surface area contributed by atoms with E-state index in [4.69, 9.17) is 4.52 Å². The highest BCUT2D eigenvalue weighted by molar-refractivity contribution is 7.98. The van der Waals surface area contributed by atoms with E-state index >= 15 is 0 Å². The van der Waals surface area contributed by atoms with Gasteiger partial charge in [-0.3, -0.25) is 0 Å². The molecule has 0 aliphatic heterocycles. The molecule has 0 saturated carbocycles. The van der Waals surface area contributed by atoms with Gasteiger partial charge in [-0.1, -0.05) is 11.2 Å². The Morgan fingerprint density at radius 3 is 3.00 bits per heavy atom. The average molecular weight is 222 g/mol. The van der Waals surface area contributed by atoms with E-state index in [1.807, 2.05) is 6.07 Å². The second kappa shape index (κ2) is 4.35. The van der Waals surface area contributed by atoms with Crippen molar-refractivity contribution in [3.63, 3.8) is 0 Å². The number of benzene rings is 1. The standard InChI is InChI=1S/C10H10N2O2S/c1-7-11-10(12-14-7)6-15-9-4-2-3-8(13)5-9/h2-5,13H,6H2,1H3. The molecule has 1 aromatic carbocycles. The quantitative estimate of drug-likeness (QED) is 0.808. The van der Waals surface area contributed by atoms with Crippen molar-refractivity contribution in [1.29, 1.82) is 0 Å². The average Bonchev–Trinajstić information content (AvgIpc) is 2.62. The van der Waals surface area contributed by atoms with Gasteiger partial charge in [-0.25, -0.2) is 0 Å². The molecule has 0 unspecified atom stereocenters. The van der Waals surface area contributed by atoms with Crippen LogP contribution in [-0.4, -0.2) is 15.2 Å². The van der Waals surface area contributed by atoms with Gasteiger partial charge in [0.2, 0.25) is 5.89 Å². The minimum Gasteiger partial charge on any atom is -0.508 e. The van der Waals surface area contributed by atoms with Gasteiger partial charge in [0, 0.05) is 11.8 Å². The van der Waals surface area contributed by atoms with Crippen molar-refractivity contribution in [2.45, 2.75) is 17.6 Å². The zero-order valence-corrected chi connectivity index (χ0v) is 8.99. The minimum absolute atomic E-state index is 0.268. The molecule has 78 valence electrons. The third-order valence-corrected chi connectivity index (χ3v) is 2.74. The fourth-order valence-electron chi connectivity index (χ4n) is 1.12. The van der Waals surface area contributed by atoms with E-state index in [0.717, 1.165) is 4.90 Å². The summed E-state index contributed by atoms with van der Waals surface area (Å²) in [6.45, 7) is 1.76. The van der Waals surface area contributed by atoms with Crippen molar-refractivity contribution >= 4 is 11.8 Å². The first kappa shape index (κ1) is 10.0. The van der Waals surface area contributed by atoms with Gasteiger partial charge in [0.1, 0.15) is 5.75 Å². The molecule has 5 heteroatoms. The summed E-state index contributed by atoms with van der Waals surface area (Å²) in [5, 5.41) is 13.0. The van der Waals surface area contributed by atoms with E-state index in [-0.39, 0.29) is 5.75 Å². The van der Waals surface area contributed by atoms with Crippen molar-refractivity contribution in [3.05, 3.63) is 36.0 Å². The van der Waals surface area contributed by atoms with Gasteiger partial charge in [0.15, 0.2) is 5.82 Å². The Balaban J connectivity index is 1.99. The van der Waals surface area contributed by atoms with Crippen molar-refractivity contribution in [2.24, 2.45) is 0 Å². The largest absolute Gasteiger partial charge is 0.508 e. The molecule has 4 nitrogen and oxygen atoms in total. The number of aryl methyl sites for hydroxylation is 1. The van der Waals surface area contributed by atoms with Crippen LogP contribution >= 0.6 is 11.8 Å². The summed E-state index contributed by atoms with van der Waals surface area (Å²) in [6, 6.07) is 7.08. The van der Waals surface area contributed by atoms with E-state index < -0.39 is 0 Å². The van der Waals surface area contributed by atoms with E-state index in [1.54, 1.807) is 36.9 Å². The molecular weight excluding hydrogens is 212 g/mol. The lowest BCUT2D eigenvalue weighted by Gasteiger charge is -1.98. The van der Waals surface area contributed by atoms with Crippen LogP contribution in [0.2, 0.25) is 0 Å². The van der Waals surface area contributed by atoms with Crippen LogP contribution in [0.15, 0.2) is 33.7 Å². The molecule has 0 atom stereocenters. The number of phenols is 1. The van der Waals surface area contributed by atoms with Crippen molar-refractivity contribution in [3.8, 4) is 5.75 Å². The van der Waals surface area contributed by atoms with Gasteiger partial charge in [-0.15, -0.1) is 11.8 Å². The lowest BCUT2D eigenvalue weighted by atomic mass is 10.3. The maximum Gasteiger partial charge on any atom is 0.223 e. The molecule has 2 aromatic rings. The van der Waals surface area contributed by atoms with Crippen LogP contribution in [0.5, 0.6) is 5.75 Å². The Kier molecular flexibility index (Phi) is 2.91. The first-order chi connectivity index (χ1) is 7.24. The molecule has 0 amide bonds. The normalized spacial score (nSPS) is 10.5. The summed E-state index contributed by atoms with van der Waals surface area (Å²) in [7, 11) is 0. The van der Waals surface area contributed by atoms with Crippen molar-refractivity contribution < 1.29 is 9.63 Å². The first-order valence-electron chi connectivity index (χ1n) is 4.45. The number of aromatic nitrogens is 2. The number of thioether (sulfide) groups is 1. The Bertz CT molecular complexity index is 456. The molecule has 0 aliphatic rings. The molecule has 0 bridgehead atoms. The number of phenolic OH excluding ortho intramolecular Hbond substituents is 1. The van der Waals surface area contributed by atoms with Gasteiger partial charge in [-0.2, -0.15) is 4.98 Å². The highest BCUT2D eigenvalue weighted by Crippen LogP contribution is 2.24. The van der Waals surface area contributed by atoms with Crippen LogP contribution in [0.25, 0.3) is 0 Å². The van der Waals surface area contributed by atoms with Gasteiger partial charge in [0.05, 0.1) is 5.75 Å². The molecule has 1 N–H and O–H groups in total. The predicted octanol–water partition coefficient (Wildman–Crippen LogP) is 2.38. The number of hydrogen-bond donors (Lipinski definition) is 1. The lowest BCUT2D eigenvalue weighted by molar-refractivity contribution is 0.389. The minimum atomic E-state index is 0.268. The maximum atomic E-state index is 9.25. The number of nitrogens with zero attached hydrogens (tertiary/aromatic N) is 2. The van der Waals surface area contributed by atoms with Gasteiger partial charge < -0.3 is 9.63 Å². The Morgan fingerprint density at radius 1 is 1.47 bits per heavy atom. The van der Waals surface area contributed by atoms with E-state index in [9.17, 15) is 5.11 Å². The molecule has 0 saturated heterocycles. The van der Waals surface area contributed by atoms with Gasteiger partial charge in [0.25, 0.3) is 0 Å². The third kappa shape index (κ3) is 2.73. The topological polar surface area (TPSA) is 59.2 Å². The lowest BCUT2D eigenvalue weighted by Crippen LogP contribution is -1.83. The zero-order valence-electron chi connectivity index (χ0n) is 8.17. The Morgan fingerprint density at radius 2 is 2.33 bits per heavy atom. The number of aromatic hydroxyl groups is 1. The molecule has 0 aliphatic carbocycles. The van der Waals surface area contributed by atoms with Crippen LogP contribution in [0.4, 0.5) is 0 Å². The Hall–Kier alpha value is -1.49. The van der Waals surface area contributed by atoms with Gasteiger partial charge >= 0.3 is 0 Å². The molecule has 2 rings (SSSR count). The number of hydrogen-bond acceptors (Lipinski definition) is 5. The van der Waals surface area contributed by atoms with Crippen LogP contribution in [0, 0.1) is 6.92 Å². The molecular formula is C10H10N2O2S. The molecule has 0 radical (unpaired) electrons. The Labute approximate surface area is 91.3 Å². The van der Waals surface area contributed by atoms with Crippen LogP contribution in [0.1, 0.15) is 11.7 Å². The summed E-state index contributed by atoms with van der Waals surface area (Å²) >= 11 is 1.56.